The molecule has 1 N–H and O–H groups in total. The molecule has 1 fully saturated rings. The summed E-state index contributed by atoms with van der Waals surface area (Å²) < 4.78 is 1.80. The number of nitrogens with zero attached hydrogens (tertiary/aromatic N) is 4. The Labute approximate surface area is 183 Å². The molecule has 0 radical (unpaired) electrons. The van der Waals surface area contributed by atoms with Crippen LogP contribution in [0.15, 0.2) is 79.1 Å². The molecule has 0 unspecified atom stereocenters. The van der Waals surface area contributed by atoms with Crippen molar-refractivity contribution in [1.29, 1.82) is 0 Å². The van der Waals surface area contributed by atoms with Crippen molar-refractivity contribution in [3.05, 3.63) is 90.3 Å². The minimum absolute atomic E-state index is 0.0739. The third kappa shape index (κ3) is 6.38. The molecule has 2 heterocycles. The number of rotatable bonds is 8. The average Bonchev–Trinajstić information content (AvgIpc) is 3.29. The van der Waals surface area contributed by atoms with Crippen LogP contribution < -0.4 is 5.32 Å². The highest BCUT2D eigenvalue weighted by molar-refractivity contribution is 5.91. The predicted octanol–water partition coefficient (Wildman–Crippen LogP) is 2.82. The Morgan fingerprint density at radius 2 is 1.61 bits per heavy atom. The number of nitrogens with one attached hydrogen (secondary N) is 1. The van der Waals surface area contributed by atoms with Crippen molar-refractivity contribution in [2.75, 3.05) is 39.3 Å². The highest BCUT2D eigenvalue weighted by Gasteiger charge is 2.16. The lowest BCUT2D eigenvalue weighted by Crippen LogP contribution is -2.47. The van der Waals surface area contributed by atoms with Crippen LogP contribution in [0, 0.1) is 0 Å². The molecule has 6 heteroatoms. The number of hydrogen-bond acceptors (Lipinski definition) is 4. The van der Waals surface area contributed by atoms with Gasteiger partial charge in [-0.15, -0.1) is 0 Å². The third-order valence-corrected chi connectivity index (χ3v) is 5.49. The van der Waals surface area contributed by atoms with E-state index >= 15 is 0 Å². The van der Waals surface area contributed by atoms with Gasteiger partial charge in [0.05, 0.1) is 11.9 Å². The van der Waals surface area contributed by atoms with Gasteiger partial charge in [-0.1, -0.05) is 48.5 Å². The van der Waals surface area contributed by atoms with Crippen molar-refractivity contribution in [1.82, 2.24) is 24.9 Å². The summed E-state index contributed by atoms with van der Waals surface area (Å²) in [6.07, 6.45) is 7.04. The minimum Gasteiger partial charge on any atom is -0.351 e. The van der Waals surface area contributed by atoms with Gasteiger partial charge in [-0.05, 0) is 23.8 Å². The molecule has 160 valence electrons. The molecule has 1 amide bonds. The van der Waals surface area contributed by atoms with Crippen LogP contribution in [0.4, 0.5) is 0 Å². The summed E-state index contributed by atoms with van der Waals surface area (Å²) in [5, 5.41) is 7.32. The second-order valence-corrected chi connectivity index (χ2v) is 7.78. The van der Waals surface area contributed by atoms with Crippen molar-refractivity contribution < 1.29 is 4.79 Å². The molecule has 0 atom stereocenters. The Hall–Kier alpha value is -3.22. The summed E-state index contributed by atoms with van der Waals surface area (Å²) in [4.78, 5) is 17.0. The monoisotopic (exact) mass is 415 g/mol. The summed E-state index contributed by atoms with van der Waals surface area (Å²) in [6.45, 7) is 6.75. The molecule has 0 bridgehead atoms. The fourth-order valence-corrected chi connectivity index (χ4v) is 3.73. The lowest BCUT2D eigenvalue weighted by atomic mass is 10.2. The first-order valence-electron chi connectivity index (χ1n) is 10.8. The second-order valence-electron chi connectivity index (χ2n) is 7.78. The third-order valence-electron chi connectivity index (χ3n) is 5.49. The molecular weight excluding hydrogens is 386 g/mol. The number of carbonyl (C=O) groups excluding carboxylic acids is 1. The number of aromatic nitrogens is 2. The maximum atomic E-state index is 12.1. The van der Waals surface area contributed by atoms with Crippen molar-refractivity contribution >= 4 is 12.0 Å². The molecule has 1 aromatic heterocycles. The Balaban J connectivity index is 1.15. The van der Waals surface area contributed by atoms with Crippen LogP contribution in [-0.2, 0) is 11.3 Å². The van der Waals surface area contributed by atoms with Gasteiger partial charge in [0.15, 0.2) is 0 Å². The van der Waals surface area contributed by atoms with Gasteiger partial charge in [0.1, 0.15) is 0 Å². The smallest absolute Gasteiger partial charge is 0.244 e. The first-order valence-corrected chi connectivity index (χ1v) is 10.8. The molecule has 0 spiro atoms. The van der Waals surface area contributed by atoms with Crippen molar-refractivity contribution in [2.45, 2.75) is 6.54 Å². The number of piperazine rings is 1. The molecule has 1 aliphatic rings. The van der Waals surface area contributed by atoms with Gasteiger partial charge in [-0.25, -0.2) is 4.68 Å². The van der Waals surface area contributed by atoms with Crippen LogP contribution in [0.1, 0.15) is 11.1 Å². The van der Waals surface area contributed by atoms with E-state index in [2.05, 4.69) is 50.5 Å². The van der Waals surface area contributed by atoms with Gasteiger partial charge < -0.3 is 5.32 Å². The van der Waals surface area contributed by atoms with Gasteiger partial charge in [-0.3, -0.25) is 14.6 Å². The van der Waals surface area contributed by atoms with E-state index in [1.54, 1.807) is 23.0 Å². The number of hydrogen-bond donors (Lipinski definition) is 1. The zero-order chi connectivity index (χ0) is 21.3. The first-order chi connectivity index (χ1) is 15.3. The lowest BCUT2D eigenvalue weighted by Gasteiger charge is -2.34. The van der Waals surface area contributed by atoms with Crippen LogP contribution >= 0.6 is 0 Å². The van der Waals surface area contributed by atoms with Crippen molar-refractivity contribution in [2.24, 2.45) is 0 Å². The summed E-state index contributed by atoms with van der Waals surface area (Å²) in [5.41, 5.74) is 3.26. The predicted molar refractivity (Wildman–Crippen MR) is 124 cm³/mol. The highest BCUT2D eigenvalue weighted by Crippen LogP contribution is 2.09. The Morgan fingerprint density at radius 3 is 2.35 bits per heavy atom. The van der Waals surface area contributed by atoms with E-state index in [0.29, 0.717) is 6.54 Å². The molecule has 0 saturated carbocycles. The molecule has 3 aromatic rings. The first kappa shape index (κ1) is 21.0. The number of para-hydroxylation sites is 1. The van der Waals surface area contributed by atoms with Gasteiger partial charge in [0.2, 0.25) is 5.91 Å². The number of amides is 1. The van der Waals surface area contributed by atoms with Gasteiger partial charge in [-0.2, -0.15) is 5.10 Å². The standard InChI is InChI=1S/C25H29N5O/c31-25(12-11-23-19-27-30(21-23)24-9-5-2-6-10-24)26-13-14-28-15-17-29(18-16-28)20-22-7-3-1-4-8-22/h1-12,19,21H,13-18,20H2,(H,26,31)/b12-11+. The summed E-state index contributed by atoms with van der Waals surface area (Å²) in [7, 11) is 0. The van der Waals surface area contributed by atoms with Crippen molar-refractivity contribution in [3.63, 3.8) is 0 Å². The summed E-state index contributed by atoms with van der Waals surface area (Å²) in [6, 6.07) is 20.5. The Morgan fingerprint density at radius 1 is 0.935 bits per heavy atom. The average molecular weight is 416 g/mol. The molecular formula is C25H29N5O. The van der Waals surface area contributed by atoms with E-state index < -0.39 is 0 Å². The highest BCUT2D eigenvalue weighted by atomic mass is 16.1. The topological polar surface area (TPSA) is 53.4 Å². The molecule has 1 saturated heterocycles. The molecule has 0 aliphatic carbocycles. The van der Waals surface area contributed by atoms with Gasteiger partial charge in [0, 0.05) is 63.6 Å². The van der Waals surface area contributed by atoms with E-state index in [4.69, 9.17) is 0 Å². The molecule has 1 aliphatic heterocycles. The maximum Gasteiger partial charge on any atom is 0.244 e. The van der Waals surface area contributed by atoms with Crippen LogP contribution in [0.3, 0.4) is 0 Å². The van der Waals surface area contributed by atoms with E-state index in [-0.39, 0.29) is 5.91 Å². The maximum absolute atomic E-state index is 12.1. The number of benzene rings is 2. The summed E-state index contributed by atoms with van der Waals surface area (Å²) in [5.74, 6) is -0.0739. The quantitative estimate of drug-likeness (QED) is 0.575. The van der Waals surface area contributed by atoms with E-state index in [1.165, 1.54) is 5.56 Å². The summed E-state index contributed by atoms with van der Waals surface area (Å²) >= 11 is 0. The van der Waals surface area contributed by atoms with Gasteiger partial charge >= 0.3 is 0 Å². The molecule has 2 aromatic carbocycles. The van der Waals surface area contributed by atoms with E-state index in [1.807, 2.05) is 36.5 Å². The second kappa shape index (κ2) is 10.7. The Bertz CT molecular complexity index is 975. The minimum atomic E-state index is -0.0739. The molecule has 4 rings (SSSR count). The molecule has 31 heavy (non-hydrogen) atoms. The normalized spacial score (nSPS) is 15.4. The van der Waals surface area contributed by atoms with Crippen LogP contribution in [-0.4, -0.2) is 64.8 Å². The van der Waals surface area contributed by atoms with Crippen LogP contribution in [0.5, 0.6) is 0 Å². The SMILES string of the molecule is O=C(/C=C/c1cnn(-c2ccccc2)c1)NCCN1CCN(Cc2ccccc2)CC1. The largest absolute Gasteiger partial charge is 0.351 e. The number of carbonyl (C=O) groups is 1. The van der Waals surface area contributed by atoms with E-state index in [0.717, 1.165) is 50.5 Å². The lowest BCUT2D eigenvalue weighted by molar-refractivity contribution is -0.116. The van der Waals surface area contributed by atoms with Crippen LogP contribution in [0.25, 0.3) is 11.8 Å². The molecule has 6 nitrogen and oxygen atoms in total. The van der Waals surface area contributed by atoms with Crippen molar-refractivity contribution in [3.8, 4) is 5.69 Å². The zero-order valence-corrected chi connectivity index (χ0v) is 17.7. The fraction of sp³-hybridized carbons (Fsp3) is 0.280. The van der Waals surface area contributed by atoms with E-state index in [9.17, 15) is 4.79 Å². The zero-order valence-electron chi connectivity index (χ0n) is 17.7. The fourth-order valence-electron chi connectivity index (χ4n) is 3.73. The van der Waals surface area contributed by atoms with Crippen LogP contribution in [0.2, 0.25) is 0 Å². The Kier molecular flexibility index (Phi) is 7.26. The van der Waals surface area contributed by atoms with Gasteiger partial charge in [0.25, 0.3) is 0 Å².